The van der Waals surface area contributed by atoms with E-state index in [4.69, 9.17) is 10.3 Å². The van der Waals surface area contributed by atoms with Crippen molar-refractivity contribution in [1.29, 1.82) is 0 Å². The molecule has 0 bridgehead atoms. The molecule has 2 aromatic heterocycles. The van der Waals surface area contributed by atoms with Crippen molar-refractivity contribution < 1.29 is 4.52 Å². The predicted molar refractivity (Wildman–Crippen MR) is 82.4 cm³/mol. The first kappa shape index (κ1) is 13.5. The van der Waals surface area contributed by atoms with E-state index >= 15 is 0 Å². The Bertz CT molecular complexity index is 695. The highest BCUT2D eigenvalue weighted by molar-refractivity contribution is 9.11. The molecule has 0 fully saturated rings. The molecule has 0 aliphatic rings. The number of hydrogen-bond donors (Lipinski definition) is 1. The van der Waals surface area contributed by atoms with Gasteiger partial charge in [-0.3, -0.25) is 0 Å². The fourth-order valence-corrected chi connectivity index (χ4v) is 3.19. The van der Waals surface area contributed by atoms with Gasteiger partial charge in [-0.2, -0.15) is 4.98 Å². The second-order valence-electron chi connectivity index (χ2n) is 4.36. The molecule has 0 unspecified atom stereocenters. The van der Waals surface area contributed by atoms with Crippen LogP contribution in [0.1, 0.15) is 17.5 Å². The van der Waals surface area contributed by atoms with Crippen molar-refractivity contribution in [1.82, 2.24) is 10.1 Å². The summed E-state index contributed by atoms with van der Waals surface area (Å²) in [6.07, 6.45) is 0.677. The summed E-state index contributed by atoms with van der Waals surface area (Å²) in [6.45, 7) is 0. The minimum Gasteiger partial charge on any atom is -0.337 e. The first-order valence-electron chi connectivity index (χ1n) is 6.11. The second-order valence-corrected chi connectivity index (χ2v) is 6.82. The van der Waals surface area contributed by atoms with Gasteiger partial charge >= 0.3 is 0 Å². The molecule has 3 rings (SSSR count). The summed E-state index contributed by atoms with van der Waals surface area (Å²) in [6, 6.07) is 13.7. The van der Waals surface area contributed by atoms with Crippen LogP contribution in [-0.4, -0.2) is 10.1 Å². The molecule has 20 heavy (non-hydrogen) atoms. The van der Waals surface area contributed by atoms with E-state index in [1.54, 1.807) is 11.3 Å². The van der Waals surface area contributed by atoms with Crippen molar-refractivity contribution in [3.63, 3.8) is 0 Å². The number of halogens is 1. The van der Waals surface area contributed by atoms with E-state index in [1.165, 1.54) is 0 Å². The van der Waals surface area contributed by atoms with Crippen LogP contribution in [0.2, 0.25) is 0 Å². The van der Waals surface area contributed by atoms with Gasteiger partial charge < -0.3 is 10.3 Å². The molecule has 6 heteroatoms. The molecule has 0 aliphatic carbocycles. The van der Waals surface area contributed by atoms with Gasteiger partial charge in [0.15, 0.2) is 0 Å². The quantitative estimate of drug-likeness (QED) is 0.777. The van der Waals surface area contributed by atoms with Gasteiger partial charge in [0.05, 0.1) is 14.7 Å². The first-order valence-corrected chi connectivity index (χ1v) is 7.72. The van der Waals surface area contributed by atoms with Crippen LogP contribution in [0.3, 0.4) is 0 Å². The highest BCUT2D eigenvalue weighted by Gasteiger charge is 2.17. The number of rotatable bonds is 4. The molecule has 0 aliphatic heterocycles. The molecule has 0 radical (unpaired) electrons. The molecule has 0 amide bonds. The number of nitrogens with zero attached hydrogens (tertiary/aromatic N) is 2. The van der Waals surface area contributed by atoms with Gasteiger partial charge in [-0.1, -0.05) is 35.5 Å². The van der Waals surface area contributed by atoms with E-state index in [1.807, 2.05) is 42.5 Å². The number of thiophene rings is 1. The number of benzene rings is 1. The van der Waals surface area contributed by atoms with Gasteiger partial charge in [0.1, 0.15) is 0 Å². The summed E-state index contributed by atoms with van der Waals surface area (Å²) in [5.74, 6) is 1.05. The van der Waals surface area contributed by atoms with Gasteiger partial charge in [-0.05, 0) is 40.0 Å². The third-order valence-corrected chi connectivity index (χ3v) is 4.47. The summed E-state index contributed by atoms with van der Waals surface area (Å²) >= 11 is 4.98. The van der Waals surface area contributed by atoms with E-state index in [2.05, 4.69) is 26.1 Å². The standard InChI is InChI=1S/C14H12BrN3OS/c15-12-7-6-11(20-12)13-17-14(19-18-13)10(16)8-9-4-2-1-3-5-9/h1-7,10H,8,16H2/t10-/m0/s1. The van der Waals surface area contributed by atoms with E-state index in [0.29, 0.717) is 18.1 Å². The van der Waals surface area contributed by atoms with Gasteiger partial charge in [0.25, 0.3) is 0 Å². The lowest BCUT2D eigenvalue weighted by Crippen LogP contribution is -2.13. The highest BCUT2D eigenvalue weighted by atomic mass is 79.9. The zero-order chi connectivity index (χ0) is 13.9. The van der Waals surface area contributed by atoms with Crippen LogP contribution >= 0.6 is 27.3 Å². The Morgan fingerprint density at radius 1 is 1.20 bits per heavy atom. The molecule has 1 aromatic carbocycles. The van der Waals surface area contributed by atoms with Crippen LogP contribution in [0.25, 0.3) is 10.7 Å². The maximum absolute atomic E-state index is 6.12. The minimum absolute atomic E-state index is 0.290. The minimum atomic E-state index is -0.290. The van der Waals surface area contributed by atoms with Crippen molar-refractivity contribution >= 4 is 27.3 Å². The van der Waals surface area contributed by atoms with Crippen molar-refractivity contribution in [2.24, 2.45) is 5.73 Å². The summed E-state index contributed by atoms with van der Waals surface area (Å²) in [5, 5.41) is 3.99. The van der Waals surface area contributed by atoms with Crippen LogP contribution in [0, 0.1) is 0 Å². The average molecular weight is 350 g/mol. The highest BCUT2D eigenvalue weighted by Crippen LogP contribution is 2.30. The molecule has 0 spiro atoms. The monoisotopic (exact) mass is 349 g/mol. The Morgan fingerprint density at radius 3 is 2.70 bits per heavy atom. The van der Waals surface area contributed by atoms with Gasteiger partial charge in [-0.15, -0.1) is 11.3 Å². The van der Waals surface area contributed by atoms with Gasteiger partial charge in [0, 0.05) is 0 Å². The Morgan fingerprint density at radius 2 is 2.00 bits per heavy atom. The van der Waals surface area contributed by atoms with Gasteiger partial charge in [0.2, 0.25) is 11.7 Å². The lowest BCUT2D eigenvalue weighted by molar-refractivity contribution is 0.354. The molecule has 2 N–H and O–H groups in total. The maximum atomic E-state index is 6.12. The van der Waals surface area contributed by atoms with Crippen molar-refractivity contribution in [3.05, 3.63) is 57.7 Å². The maximum Gasteiger partial charge on any atom is 0.244 e. The van der Waals surface area contributed by atoms with Crippen molar-refractivity contribution in [3.8, 4) is 10.7 Å². The number of aromatic nitrogens is 2. The van der Waals surface area contributed by atoms with Crippen LogP contribution in [-0.2, 0) is 6.42 Å². The van der Waals surface area contributed by atoms with Crippen LogP contribution in [0.15, 0.2) is 50.8 Å². The third-order valence-electron chi connectivity index (χ3n) is 2.85. The molecule has 102 valence electrons. The summed E-state index contributed by atoms with van der Waals surface area (Å²) in [4.78, 5) is 5.33. The smallest absolute Gasteiger partial charge is 0.244 e. The fraction of sp³-hybridized carbons (Fsp3) is 0.143. The van der Waals surface area contributed by atoms with E-state index < -0.39 is 0 Å². The average Bonchev–Trinajstić information content (AvgIpc) is 3.08. The summed E-state index contributed by atoms with van der Waals surface area (Å²) < 4.78 is 6.30. The van der Waals surface area contributed by atoms with E-state index in [0.717, 1.165) is 14.2 Å². The number of nitrogens with two attached hydrogens (primary N) is 1. The van der Waals surface area contributed by atoms with Gasteiger partial charge in [-0.25, -0.2) is 0 Å². The normalized spacial score (nSPS) is 12.5. The topological polar surface area (TPSA) is 64.9 Å². The Hall–Kier alpha value is -1.50. The first-order chi connectivity index (χ1) is 9.72. The molecule has 1 atom stereocenters. The number of hydrogen-bond acceptors (Lipinski definition) is 5. The largest absolute Gasteiger partial charge is 0.337 e. The van der Waals surface area contributed by atoms with E-state index in [9.17, 15) is 0 Å². The predicted octanol–water partition coefficient (Wildman–Crippen LogP) is 3.80. The Kier molecular flexibility index (Phi) is 3.95. The Balaban J connectivity index is 1.76. The molecule has 2 heterocycles. The van der Waals surface area contributed by atoms with Crippen molar-refractivity contribution in [2.75, 3.05) is 0 Å². The second kappa shape index (κ2) is 5.87. The molecule has 3 aromatic rings. The van der Waals surface area contributed by atoms with E-state index in [-0.39, 0.29) is 6.04 Å². The molecule has 0 saturated carbocycles. The lowest BCUT2D eigenvalue weighted by atomic mass is 10.1. The van der Waals surface area contributed by atoms with Crippen LogP contribution in [0.5, 0.6) is 0 Å². The summed E-state index contributed by atoms with van der Waals surface area (Å²) in [7, 11) is 0. The molecular formula is C14H12BrN3OS. The Labute approximate surface area is 128 Å². The van der Waals surface area contributed by atoms with Crippen molar-refractivity contribution in [2.45, 2.75) is 12.5 Å². The fourth-order valence-electron chi connectivity index (χ4n) is 1.88. The molecule has 0 saturated heterocycles. The summed E-state index contributed by atoms with van der Waals surface area (Å²) in [5.41, 5.74) is 7.27. The molecular weight excluding hydrogens is 338 g/mol. The SMILES string of the molecule is N[C@@H](Cc1ccccc1)c1nc(-c2ccc(Br)s2)no1. The third kappa shape index (κ3) is 2.98. The zero-order valence-electron chi connectivity index (χ0n) is 10.5. The van der Waals surface area contributed by atoms with Crippen LogP contribution in [0.4, 0.5) is 0 Å². The molecule has 4 nitrogen and oxygen atoms in total. The van der Waals surface area contributed by atoms with Crippen LogP contribution < -0.4 is 5.73 Å². The zero-order valence-corrected chi connectivity index (χ0v) is 12.9. The lowest BCUT2D eigenvalue weighted by Gasteiger charge is -2.05.